The number of halogens is 2. The number of nitrogen functional groups attached to an aromatic ring is 1. The van der Waals surface area contributed by atoms with Gasteiger partial charge in [-0.2, -0.15) is 13.8 Å². The maximum atomic E-state index is 15.9. The number of pyridine rings is 1. The Balaban J connectivity index is 1.86. The minimum atomic E-state index is -1.53. The smallest absolute Gasteiger partial charge is 0.338 e. The van der Waals surface area contributed by atoms with Crippen molar-refractivity contribution in [3.8, 4) is 40.5 Å². The molecule has 232 valence electrons. The van der Waals surface area contributed by atoms with Crippen LogP contribution in [0.3, 0.4) is 0 Å². The molecule has 0 aliphatic carbocycles. The van der Waals surface area contributed by atoms with E-state index in [1.165, 1.54) is 30.3 Å². The molecule has 45 heavy (non-hydrogen) atoms. The summed E-state index contributed by atoms with van der Waals surface area (Å²) in [5.41, 5.74) is 16.2. The number of ether oxygens (including phenoxy) is 4. The van der Waals surface area contributed by atoms with E-state index in [0.717, 1.165) is 30.3 Å². The number of nitrogens with one attached hydrogen (secondary N) is 3. The largest absolute Gasteiger partial charge is 0.504 e. The highest BCUT2D eigenvalue weighted by molar-refractivity contribution is 5.98. The summed E-state index contributed by atoms with van der Waals surface area (Å²) in [5, 5.41) is 27.8. The molecule has 0 radical (unpaired) electrons. The number of rotatable bonds is 11. The Hall–Kier alpha value is -6.45. The van der Waals surface area contributed by atoms with E-state index in [2.05, 4.69) is 10.3 Å². The second kappa shape index (κ2) is 13.2. The summed E-state index contributed by atoms with van der Waals surface area (Å²) in [7, 11) is 0. The molecule has 1 heterocycles. The lowest BCUT2D eigenvalue weighted by atomic mass is 10.1. The topological polar surface area (TPSA) is 242 Å². The first-order valence-electron chi connectivity index (χ1n) is 12.8. The molecule has 10 N–H and O–H groups in total. The van der Waals surface area contributed by atoms with Crippen LogP contribution in [0.5, 0.6) is 40.5 Å². The van der Waals surface area contributed by atoms with Crippen LogP contribution in [0.4, 0.5) is 14.5 Å². The van der Waals surface area contributed by atoms with Crippen molar-refractivity contribution in [1.82, 2.24) is 4.98 Å². The van der Waals surface area contributed by atoms with Crippen molar-refractivity contribution < 1.29 is 42.4 Å². The van der Waals surface area contributed by atoms with Gasteiger partial charge in [-0.25, -0.2) is 4.79 Å². The Morgan fingerprint density at radius 1 is 0.867 bits per heavy atom. The molecule has 0 aliphatic heterocycles. The molecule has 1 amide bonds. The number of anilines is 1. The Morgan fingerprint density at radius 2 is 1.56 bits per heavy atom. The Morgan fingerprint density at radius 3 is 2.20 bits per heavy atom. The van der Waals surface area contributed by atoms with Crippen LogP contribution in [-0.4, -0.2) is 40.4 Å². The summed E-state index contributed by atoms with van der Waals surface area (Å²) >= 11 is 0. The predicted octanol–water partition coefficient (Wildman–Crippen LogP) is 4.31. The zero-order valence-corrected chi connectivity index (χ0v) is 23.3. The van der Waals surface area contributed by atoms with E-state index in [-0.39, 0.29) is 34.7 Å². The summed E-state index contributed by atoms with van der Waals surface area (Å²) in [6, 6.07) is 12.5. The number of hydrogen-bond donors (Lipinski definition) is 7. The van der Waals surface area contributed by atoms with Crippen molar-refractivity contribution in [3.63, 3.8) is 0 Å². The zero-order valence-electron chi connectivity index (χ0n) is 23.3. The highest BCUT2D eigenvalue weighted by atomic mass is 19.1. The highest BCUT2D eigenvalue weighted by Gasteiger charge is 2.27. The van der Waals surface area contributed by atoms with E-state index < -0.39 is 70.1 Å². The first-order chi connectivity index (χ1) is 21.4. The lowest BCUT2D eigenvalue weighted by Crippen LogP contribution is -2.20. The quantitative estimate of drug-likeness (QED) is 0.0707. The third-order valence-corrected chi connectivity index (χ3v) is 5.70. The van der Waals surface area contributed by atoms with Crippen molar-refractivity contribution in [2.24, 2.45) is 17.2 Å². The number of nitrogens with two attached hydrogens (primary N) is 3. The van der Waals surface area contributed by atoms with Gasteiger partial charge in [0.05, 0.1) is 12.2 Å². The van der Waals surface area contributed by atoms with Crippen LogP contribution in [0.2, 0.25) is 0 Å². The SMILES string of the molecule is CCOC(=O)c1cc(Oc2c(F)c(Oc3cccc(NC(=N)N)c3)nc(Oc3cc(C(=N)N)ccc3O)c2F)cc(C(N)=O)c1. The lowest BCUT2D eigenvalue weighted by Gasteiger charge is -2.16. The van der Waals surface area contributed by atoms with Crippen molar-refractivity contribution in [2.45, 2.75) is 6.92 Å². The van der Waals surface area contributed by atoms with Crippen molar-refractivity contribution in [2.75, 3.05) is 11.9 Å². The third kappa shape index (κ3) is 7.50. The number of phenols is 1. The Bertz CT molecular complexity index is 1840. The van der Waals surface area contributed by atoms with Crippen LogP contribution in [0.15, 0.2) is 60.7 Å². The molecule has 0 fully saturated rings. The first-order valence-corrected chi connectivity index (χ1v) is 12.8. The molecule has 16 heteroatoms. The number of carbonyl (C=O) groups is 2. The van der Waals surface area contributed by atoms with Crippen LogP contribution in [0.1, 0.15) is 33.2 Å². The van der Waals surface area contributed by atoms with Gasteiger partial charge in [-0.15, -0.1) is 0 Å². The number of esters is 1. The molecule has 3 aromatic carbocycles. The maximum Gasteiger partial charge on any atom is 0.338 e. The fourth-order valence-electron chi connectivity index (χ4n) is 3.73. The van der Waals surface area contributed by atoms with Gasteiger partial charge in [0.15, 0.2) is 17.5 Å². The molecule has 14 nitrogen and oxygen atoms in total. The van der Waals surface area contributed by atoms with E-state index in [4.69, 9.17) is 47.0 Å². The van der Waals surface area contributed by atoms with Gasteiger partial charge in [0.1, 0.15) is 17.3 Å². The molecule has 0 atom stereocenters. The summed E-state index contributed by atoms with van der Waals surface area (Å²) in [4.78, 5) is 28.1. The number of amidine groups is 1. The first kappa shape index (κ1) is 31.5. The molecule has 0 saturated heterocycles. The predicted molar refractivity (Wildman–Crippen MR) is 156 cm³/mol. The molecule has 4 rings (SSSR count). The van der Waals surface area contributed by atoms with E-state index in [1.54, 1.807) is 6.92 Å². The fraction of sp³-hybridized carbons (Fsp3) is 0.0690. The van der Waals surface area contributed by atoms with Crippen LogP contribution < -0.4 is 36.7 Å². The summed E-state index contributed by atoms with van der Waals surface area (Å²) in [6.45, 7) is 1.54. The number of benzene rings is 3. The Kier molecular flexibility index (Phi) is 9.26. The highest BCUT2D eigenvalue weighted by Crippen LogP contribution is 2.41. The van der Waals surface area contributed by atoms with Gasteiger partial charge in [-0.05, 0) is 55.5 Å². The molecule has 4 aromatic rings. The molecule has 0 spiro atoms. The standard InChI is InChI=1S/C29H25F2N7O7/c1-2-42-28(41)15-8-14(25(34)40)9-18(10-15)43-23-21(30)26(44-17-5-3-4-16(12-17)37-29(35)36)38-27(22(23)31)45-20-11-13(24(32)33)6-7-19(20)39/h3-12,39H,2H2,1H3,(H3,32,33)(H2,34,40)(H4,35,36,37). The molecule has 0 unspecified atom stereocenters. The number of carbonyl (C=O) groups excluding carboxylic acids is 2. The van der Waals surface area contributed by atoms with Gasteiger partial charge in [-0.3, -0.25) is 15.6 Å². The number of hydrogen-bond acceptors (Lipinski definition) is 10. The second-order valence-corrected chi connectivity index (χ2v) is 8.98. The number of amides is 1. The van der Waals surface area contributed by atoms with Gasteiger partial charge in [0, 0.05) is 22.9 Å². The monoisotopic (exact) mass is 621 g/mol. The van der Waals surface area contributed by atoms with Crippen LogP contribution in [0.25, 0.3) is 0 Å². The second-order valence-electron chi connectivity index (χ2n) is 8.98. The van der Waals surface area contributed by atoms with Gasteiger partial charge < -0.3 is 46.6 Å². The van der Waals surface area contributed by atoms with Gasteiger partial charge in [-0.1, -0.05) is 6.07 Å². The van der Waals surface area contributed by atoms with E-state index >= 15 is 8.78 Å². The minimum absolute atomic E-state index is 0.00829. The van der Waals surface area contributed by atoms with Crippen molar-refractivity contribution in [3.05, 3.63) is 89.0 Å². The normalized spacial score (nSPS) is 10.5. The summed E-state index contributed by atoms with van der Waals surface area (Å²) in [5.74, 6) is -9.97. The maximum absolute atomic E-state index is 15.9. The van der Waals surface area contributed by atoms with Gasteiger partial charge in [0.25, 0.3) is 11.8 Å². The number of nitrogens with zero attached hydrogens (tertiary/aromatic N) is 1. The Labute approximate surface area is 253 Å². The average molecular weight is 622 g/mol. The van der Waals surface area contributed by atoms with Crippen LogP contribution in [0, 0.1) is 22.5 Å². The zero-order chi connectivity index (χ0) is 32.8. The number of guanidine groups is 1. The molecule has 0 bridgehead atoms. The summed E-state index contributed by atoms with van der Waals surface area (Å²) < 4.78 is 53.2. The summed E-state index contributed by atoms with van der Waals surface area (Å²) in [6.07, 6.45) is 0. The van der Waals surface area contributed by atoms with E-state index in [1.807, 2.05) is 0 Å². The van der Waals surface area contributed by atoms with Crippen molar-refractivity contribution >= 4 is 29.4 Å². The number of aromatic nitrogens is 1. The van der Waals surface area contributed by atoms with E-state index in [9.17, 15) is 14.7 Å². The average Bonchev–Trinajstić information content (AvgIpc) is 2.98. The van der Waals surface area contributed by atoms with Crippen LogP contribution >= 0.6 is 0 Å². The number of primary amides is 1. The molecule has 0 saturated carbocycles. The number of aromatic hydroxyl groups is 1. The van der Waals surface area contributed by atoms with Crippen molar-refractivity contribution in [1.29, 1.82) is 10.8 Å². The lowest BCUT2D eigenvalue weighted by molar-refractivity contribution is 0.0526. The minimum Gasteiger partial charge on any atom is -0.504 e. The number of phenolic OH excluding ortho intramolecular Hbond substituents is 1. The van der Waals surface area contributed by atoms with Crippen LogP contribution in [-0.2, 0) is 4.74 Å². The molecule has 0 aliphatic rings. The fourth-order valence-corrected chi connectivity index (χ4v) is 3.73. The molecular formula is C29H25F2N7O7. The molecule has 1 aromatic heterocycles. The van der Waals surface area contributed by atoms with Gasteiger partial charge in [0.2, 0.25) is 23.3 Å². The van der Waals surface area contributed by atoms with E-state index in [0.29, 0.717) is 0 Å². The van der Waals surface area contributed by atoms with Gasteiger partial charge >= 0.3 is 5.97 Å². The molecular weight excluding hydrogens is 596 g/mol. The third-order valence-electron chi connectivity index (χ3n) is 5.70.